The van der Waals surface area contributed by atoms with Gasteiger partial charge in [0.1, 0.15) is 23.4 Å². The summed E-state index contributed by atoms with van der Waals surface area (Å²) in [6.07, 6.45) is 11.0. The van der Waals surface area contributed by atoms with E-state index in [2.05, 4.69) is 35.5 Å². The molecule has 0 unspecified atom stereocenters. The lowest BCUT2D eigenvalue weighted by atomic mass is 10.0. The fourth-order valence-corrected chi connectivity index (χ4v) is 5.31. The Morgan fingerprint density at radius 1 is 0.846 bits per heavy atom. The molecule has 3 N–H and O–H groups in total. The van der Waals surface area contributed by atoms with Crippen LogP contribution in [-0.2, 0) is 0 Å². The van der Waals surface area contributed by atoms with Crippen LogP contribution in [0.5, 0.6) is 5.75 Å². The average molecular weight is 520 g/mol. The molecule has 1 aromatic carbocycles. The van der Waals surface area contributed by atoms with Gasteiger partial charge in [-0.2, -0.15) is 5.10 Å². The molecule has 5 aromatic heterocycles. The normalized spacial score (nSPS) is 14.3. The minimum atomic E-state index is -0.268. The van der Waals surface area contributed by atoms with E-state index in [-0.39, 0.29) is 11.9 Å². The van der Waals surface area contributed by atoms with Crippen LogP contribution in [0.4, 0.5) is 4.39 Å². The number of halogens is 1. The van der Waals surface area contributed by atoms with Gasteiger partial charge >= 0.3 is 0 Å². The lowest BCUT2D eigenvalue weighted by Gasteiger charge is -2.23. The zero-order chi connectivity index (χ0) is 26.3. The molecule has 1 saturated heterocycles. The largest absolute Gasteiger partial charge is 0.489 e. The number of aromatic amines is 2. The SMILES string of the molecule is Cc1cc(F)cc(-c2cncc3[nH]c(-c4n[nH]c5cnc(-c6cncc(OC7CCNCC7)c6)cc45)cc23)c1. The quantitative estimate of drug-likeness (QED) is 0.266. The van der Waals surface area contributed by atoms with Gasteiger partial charge in [-0.05, 0) is 74.3 Å². The summed E-state index contributed by atoms with van der Waals surface area (Å²) in [5.41, 5.74) is 7.42. The molecule has 1 fully saturated rings. The van der Waals surface area contributed by atoms with Crippen molar-refractivity contribution in [2.45, 2.75) is 25.9 Å². The molecule has 1 aliphatic rings. The Bertz CT molecular complexity index is 1800. The molecule has 0 amide bonds. The van der Waals surface area contributed by atoms with Crippen LogP contribution in [-0.4, -0.2) is 49.3 Å². The fourth-order valence-electron chi connectivity index (χ4n) is 5.31. The van der Waals surface area contributed by atoms with Crippen LogP contribution in [0.1, 0.15) is 18.4 Å². The second-order valence-corrected chi connectivity index (χ2v) is 10.0. The maximum absolute atomic E-state index is 14.2. The van der Waals surface area contributed by atoms with Crippen LogP contribution in [0.2, 0.25) is 0 Å². The second-order valence-electron chi connectivity index (χ2n) is 10.0. The molecule has 8 nitrogen and oxygen atoms in total. The standard InChI is InChI=1S/C30H26FN7O/c1-17-6-18(8-20(31)7-17)25-14-34-15-28-23(25)10-27(36-28)30-24-11-26(35-16-29(24)37-38-30)19-9-22(13-33-12-19)39-21-2-4-32-5-3-21/h6-16,21,32,36H,2-5H2,1H3,(H,37,38). The number of pyridine rings is 3. The van der Waals surface area contributed by atoms with Crippen LogP contribution in [0.15, 0.2) is 67.4 Å². The van der Waals surface area contributed by atoms with Crippen LogP contribution < -0.4 is 10.1 Å². The van der Waals surface area contributed by atoms with Gasteiger partial charge in [0, 0.05) is 34.3 Å². The van der Waals surface area contributed by atoms with Crippen molar-refractivity contribution in [1.29, 1.82) is 0 Å². The summed E-state index contributed by atoms with van der Waals surface area (Å²) in [4.78, 5) is 16.9. The van der Waals surface area contributed by atoms with Gasteiger partial charge in [0.25, 0.3) is 0 Å². The molecule has 0 bridgehead atoms. The number of H-pyrrole nitrogens is 2. The summed E-state index contributed by atoms with van der Waals surface area (Å²) in [6, 6.07) is 11.1. The molecule has 9 heteroatoms. The number of fused-ring (bicyclic) bond motifs is 2. The molecule has 0 aliphatic carbocycles. The number of aryl methyl sites for hydroxylation is 1. The number of nitrogens with one attached hydrogen (secondary N) is 3. The third kappa shape index (κ3) is 4.51. The van der Waals surface area contributed by atoms with E-state index >= 15 is 0 Å². The highest BCUT2D eigenvalue weighted by molar-refractivity contribution is 6.01. The number of hydrogen-bond acceptors (Lipinski definition) is 6. The lowest BCUT2D eigenvalue weighted by molar-refractivity contribution is 0.162. The minimum absolute atomic E-state index is 0.192. The Kier molecular flexibility index (Phi) is 5.78. The molecule has 0 radical (unpaired) electrons. The molecule has 6 aromatic rings. The molecule has 1 aliphatic heterocycles. The predicted molar refractivity (Wildman–Crippen MR) is 149 cm³/mol. The highest BCUT2D eigenvalue weighted by Crippen LogP contribution is 2.35. The van der Waals surface area contributed by atoms with Crippen molar-refractivity contribution >= 4 is 21.8 Å². The van der Waals surface area contributed by atoms with Gasteiger partial charge in [-0.25, -0.2) is 4.39 Å². The van der Waals surface area contributed by atoms with Crippen LogP contribution >= 0.6 is 0 Å². The van der Waals surface area contributed by atoms with Gasteiger partial charge < -0.3 is 15.0 Å². The first kappa shape index (κ1) is 23.5. The second kappa shape index (κ2) is 9.59. The number of hydrogen-bond donors (Lipinski definition) is 3. The van der Waals surface area contributed by atoms with E-state index in [9.17, 15) is 4.39 Å². The molecule has 0 spiro atoms. The van der Waals surface area contributed by atoms with Crippen molar-refractivity contribution in [2.75, 3.05) is 13.1 Å². The van der Waals surface area contributed by atoms with Gasteiger partial charge in [-0.3, -0.25) is 20.1 Å². The highest BCUT2D eigenvalue weighted by Gasteiger charge is 2.17. The van der Waals surface area contributed by atoms with Gasteiger partial charge in [-0.1, -0.05) is 6.07 Å². The predicted octanol–water partition coefficient (Wildman–Crippen LogP) is 5.81. The van der Waals surface area contributed by atoms with Crippen molar-refractivity contribution in [3.63, 3.8) is 0 Å². The van der Waals surface area contributed by atoms with Crippen molar-refractivity contribution < 1.29 is 9.13 Å². The van der Waals surface area contributed by atoms with E-state index in [1.54, 1.807) is 31.0 Å². The molecule has 7 rings (SSSR count). The number of rotatable bonds is 5. The summed E-state index contributed by atoms with van der Waals surface area (Å²) in [5.74, 6) is 0.479. The maximum Gasteiger partial charge on any atom is 0.138 e. The molecular weight excluding hydrogens is 493 g/mol. The lowest BCUT2D eigenvalue weighted by Crippen LogP contribution is -2.34. The number of aromatic nitrogens is 6. The topological polar surface area (TPSA) is 104 Å². The summed E-state index contributed by atoms with van der Waals surface area (Å²) in [6.45, 7) is 3.81. The zero-order valence-corrected chi connectivity index (χ0v) is 21.3. The minimum Gasteiger partial charge on any atom is -0.489 e. The molecule has 6 heterocycles. The van der Waals surface area contributed by atoms with Gasteiger partial charge in [0.2, 0.25) is 0 Å². The van der Waals surface area contributed by atoms with E-state index in [1.807, 2.05) is 31.2 Å². The molecule has 194 valence electrons. The van der Waals surface area contributed by atoms with Gasteiger partial charge in [-0.15, -0.1) is 0 Å². The van der Waals surface area contributed by atoms with E-state index < -0.39 is 0 Å². The van der Waals surface area contributed by atoms with Crippen LogP contribution in [0.25, 0.3) is 55.6 Å². The van der Waals surface area contributed by atoms with Crippen molar-refractivity contribution in [3.8, 4) is 39.5 Å². The molecule has 0 saturated carbocycles. The average Bonchev–Trinajstić information content (AvgIpc) is 3.57. The Labute approximate surface area is 223 Å². The Morgan fingerprint density at radius 2 is 1.72 bits per heavy atom. The van der Waals surface area contributed by atoms with Crippen molar-refractivity contribution in [3.05, 3.63) is 78.8 Å². The number of piperidine rings is 1. The monoisotopic (exact) mass is 519 g/mol. The highest BCUT2D eigenvalue weighted by atomic mass is 19.1. The Hall–Kier alpha value is -4.63. The summed E-state index contributed by atoms with van der Waals surface area (Å²) in [7, 11) is 0. The first-order valence-electron chi connectivity index (χ1n) is 13.0. The Morgan fingerprint density at radius 3 is 2.59 bits per heavy atom. The Balaban J connectivity index is 1.26. The molecular formula is C30H26FN7O. The van der Waals surface area contributed by atoms with E-state index in [4.69, 9.17) is 4.74 Å². The summed E-state index contributed by atoms with van der Waals surface area (Å²) < 4.78 is 20.4. The molecule has 39 heavy (non-hydrogen) atoms. The third-order valence-electron chi connectivity index (χ3n) is 7.20. The van der Waals surface area contributed by atoms with Crippen LogP contribution in [0, 0.1) is 12.7 Å². The van der Waals surface area contributed by atoms with E-state index in [0.717, 1.165) is 92.8 Å². The van der Waals surface area contributed by atoms with Gasteiger partial charge in [0.15, 0.2) is 0 Å². The fraction of sp³-hybridized carbons (Fsp3) is 0.200. The van der Waals surface area contributed by atoms with E-state index in [1.165, 1.54) is 12.1 Å². The van der Waals surface area contributed by atoms with E-state index in [0.29, 0.717) is 0 Å². The first-order valence-corrected chi connectivity index (χ1v) is 13.0. The third-order valence-corrected chi connectivity index (χ3v) is 7.20. The summed E-state index contributed by atoms with van der Waals surface area (Å²) in [5, 5.41) is 12.9. The number of benzene rings is 1. The number of nitrogens with zero attached hydrogens (tertiary/aromatic N) is 4. The van der Waals surface area contributed by atoms with Crippen molar-refractivity contribution in [2.24, 2.45) is 0 Å². The van der Waals surface area contributed by atoms with Crippen LogP contribution in [0.3, 0.4) is 0 Å². The molecule has 0 atom stereocenters. The number of ether oxygens (including phenoxy) is 1. The first-order chi connectivity index (χ1) is 19.1. The van der Waals surface area contributed by atoms with Gasteiger partial charge in [0.05, 0.1) is 41.0 Å². The van der Waals surface area contributed by atoms with Crippen molar-refractivity contribution in [1.82, 2.24) is 35.5 Å². The smallest absolute Gasteiger partial charge is 0.138 e. The maximum atomic E-state index is 14.2. The zero-order valence-electron chi connectivity index (χ0n) is 21.3. The summed E-state index contributed by atoms with van der Waals surface area (Å²) >= 11 is 0.